The highest BCUT2D eigenvalue weighted by Gasteiger charge is 2.28. The second kappa shape index (κ2) is 7.45. The molecule has 1 saturated heterocycles. The van der Waals surface area contributed by atoms with Crippen LogP contribution in [0.1, 0.15) is 54.4 Å². The molecule has 1 N–H and O–H groups in total. The summed E-state index contributed by atoms with van der Waals surface area (Å²) in [5, 5.41) is 3.30. The van der Waals surface area contributed by atoms with E-state index in [1.807, 2.05) is 41.5 Å². The van der Waals surface area contributed by atoms with Gasteiger partial charge in [0.25, 0.3) is 0 Å². The highest BCUT2D eigenvalue weighted by molar-refractivity contribution is 5.68. The topological polar surface area (TPSA) is 76.6 Å². The number of carbonyl (C=O) groups excluding carboxylic acids is 1. The van der Waals surface area contributed by atoms with Crippen molar-refractivity contribution >= 4 is 12.0 Å². The number of piperidine rings is 1. The van der Waals surface area contributed by atoms with E-state index < -0.39 is 5.60 Å². The number of hydrogen-bond donors (Lipinski definition) is 1. The summed E-state index contributed by atoms with van der Waals surface area (Å²) in [6.45, 7) is 12.8. The molecule has 1 aliphatic heterocycles. The van der Waals surface area contributed by atoms with Crippen LogP contribution in [-0.4, -0.2) is 51.3 Å². The first-order valence-electron chi connectivity index (χ1n) is 8.78. The Morgan fingerprint density at radius 1 is 1.24 bits per heavy atom. The summed E-state index contributed by atoms with van der Waals surface area (Å²) in [5.74, 6) is 1.04. The Morgan fingerprint density at radius 2 is 1.96 bits per heavy atom. The third kappa shape index (κ3) is 6.76. The zero-order chi connectivity index (χ0) is 18.7. The molecule has 2 heterocycles. The first kappa shape index (κ1) is 19.3. The van der Waals surface area contributed by atoms with Crippen LogP contribution in [0.4, 0.5) is 10.7 Å². The van der Waals surface area contributed by atoms with Crippen molar-refractivity contribution in [3.05, 3.63) is 12.3 Å². The van der Waals surface area contributed by atoms with Gasteiger partial charge in [-0.15, -0.1) is 0 Å². The molecular formula is C18H30N4O3. The molecule has 0 bridgehead atoms. The molecule has 7 nitrogen and oxygen atoms in total. The van der Waals surface area contributed by atoms with Crippen LogP contribution in [0.5, 0.6) is 5.88 Å². The van der Waals surface area contributed by atoms with Crippen LogP contribution in [0.2, 0.25) is 0 Å². The van der Waals surface area contributed by atoms with Gasteiger partial charge in [0.2, 0.25) is 11.8 Å². The number of anilines is 1. The normalized spacial score (nSPS) is 18.6. The van der Waals surface area contributed by atoms with Gasteiger partial charge in [-0.05, 0) is 54.4 Å². The van der Waals surface area contributed by atoms with Crippen molar-refractivity contribution in [1.82, 2.24) is 14.9 Å². The van der Waals surface area contributed by atoms with Crippen LogP contribution >= 0.6 is 0 Å². The molecule has 1 unspecified atom stereocenters. The highest BCUT2D eigenvalue weighted by atomic mass is 16.6. The minimum absolute atomic E-state index is 0.0890. The molecule has 1 aromatic heterocycles. The van der Waals surface area contributed by atoms with E-state index in [4.69, 9.17) is 9.47 Å². The number of rotatable bonds is 3. The lowest BCUT2D eigenvalue weighted by Crippen LogP contribution is -2.47. The molecule has 0 aromatic carbocycles. The Balaban J connectivity index is 1.96. The van der Waals surface area contributed by atoms with Gasteiger partial charge in [0, 0.05) is 31.4 Å². The Kier molecular flexibility index (Phi) is 5.75. The summed E-state index contributed by atoms with van der Waals surface area (Å²) in [5.41, 5.74) is -0.802. The second-order valence-corrected chi connectivity index (χ2v) is 8.34. The number of nitrogens with zero attached hydrogens (tertiary/aromatic N) is 3. The van der Waals surface area contributed by atoms with Gasteiger partial charge in [-0.1, -0.05) is 0 Å². The number of ether oxygens (including phenoxy) is 2. The minimum Gasteiger partial charge on any atom is -0.472 e. The summed E-state index contributed by atoms with van der Waals surface area (Å²) in [6.07, 6.45) is 3.26. The van der Waals surface area contributed by atoms with Gasteiger partial charge in [0.05, 0.1) is 0 Å². The van der Waals surface area contributed by atoms with Crippen molar-refractivity contribution in [2.75, 3.05) is 18.4 Å². The summed E-state index contributed by atoms with van der Waals surface area (Å²) in [4.78, 5) is 22.6. The highest BCUT2D eigenvalue weighted by Crippen LogP contribution is 2.19. The van der Waals surface area contributed by atoms with E-state index in [9.17, 15) is 4.79 Å². The summed E-state index contributed by atoms with van der Waals surface area (Å²) >= 11 is 0. The number of amides is 1. The van der Waals surface area contributed by atoms with Gasteiger partial charge in [0.15, 0.2) is 0 Å². The first-order chi connectivity index (χ1) is 11.5. The van der Waals surface area contributed by atoms with Gasteiger partial charge in [-0.3, -0.25) is 0 Å². The van der Waals surface area contributed by atoms with E-state index in [1.165, 1.54) is 0 Å². The number of carbonyl (C=O) groups is 1. The van der Waals surface area contributed by atoms with Gasteiger partial charge < -0.3 is 19.7 Å². The third-order valence-corrected chi connectivity index (χ3v) is 3.45. The molecule has 1 aliphatic rings. The zero-order valence-electron chi connectivity index (χ0n) is 16.1. The van der Waals surface area contributed by atoms with Crippen LogP contribution in [-0.2, 0) is 4.74 Å². The molecule has 7 heteroatoms. The van der Waals surface area contributed by atoms with E-state index in [2.05, 4.69) is 15.3 Å². The molecule has 2 rings (SSSR count). The van der Waals surface area contributed by atoms with Crippen LogP contribution < -0.4 is 10.1 Å². The predicted molar refractivity (Wildman–Crippen MR) is 96.9 cm³/mol. The Hall–Kier alpha value is -2.05. The van der Waals surface area contributed by atoms with Crippen molar-refractivity contribution in [2.45, 2.75) is 71.6 Å². The van der Waals surface area contributed by atoms with Gasteiger partial charge in [-0.2, -0.15) is 4.98 Å². The Bertz CT molecular complexity index is 593. The van der Waals surface area contributed by atoms with E-state index in [-0.39, 0.29) is 17.7 Å². The van der Waals surface area contributed by atoms with Crippen molar-refractivity contribution < 1.29 is 14.3 Å². The zero-order valence-corrected chi connectivity index (χ0v) is 16.1. The number of aromatic nitrogens is 2. The average molecular weight is 350 g/mol. The lowest BCUT2D eigenvalue weighted by Gasteiger charge is -2.34. The molecule has 1 fully saturated rings. The average Bonchev–Trinajstić information content (AvgIpc) is 2.44. The summed E-state index contributed by atoms with van der Waals surface area (Å²) in [7, 11) is 0. The predicted octanol–water partition coefficient (Wildman–Crippen LogP) is 3.47. The van der Waals surface area contributed by atoms with Gasteiger partial charge in [0.1, 0.15) is 11.2 Å². The fourth-order valence-electron chi connectivity index (χ4n) is 2.55. The molecule has 1 aromatic rings. The number of hydrogen-bond acceptors (Lipinski definition) is 6. The second-order valence-electron chi connectivity index (χ2n) is 8.34. The van der Waals surface area contributed by atoms with E-state index in [0.717, 1.165) is 12.8 Å². The Labute approximate surface area is 150 Å². The molecule has 0 radical (unpaired) electrons. The Morgan fingerprint density at radius 3 is 2.60 bits per heavy atom. The van der Waals surface area contributed by atoms with E-state index in [1.54, 1.807) is 17.2 Å². The lowest BCUT2D eigenvalue weighted by atomic mass is 10.1. The SMILES string of the molecule is CC(C)(C)OC(=O)N1CCCC(Nc2nccc(OC(C)(C)C)n2)C1. The third-order valence-electron chi connectivity index (χ3n) is 3.45. The maximum absolute atomic E-state index is 12.2. The van der Waals surface area contributed by atoms with Crippen molar-refractivity contribution in [1.29, 1.82) is 0 Å². The molecule has 0 aliphatic carbocycles. The fourth-order valence-corrected chi connectivity index (χ4v) is 2.55. The molecule has 1 atom stereocenters. The lowest BCUT2D eigenvalue weighted by molar-refractivity contribution is 0.0206. The van der Waals surface area contributed by atoms with Crippen molar-refractivity contribution in [2.24, 2.45) is 0 Å². The quantitative estimate of drug-likeness (QED) is 0.899. The van der Waals surface area contributed by atoms with Crippen LogP contribution in [0.25, 0.3) is 0 Å². The maximum Gasteiger partial charge on any atom is 0.410 e. The number of likely N-dealkylation sites (tertiary alicyclic amines) is 1. The molecule has 140 valence electrons. The van der Waals surface area contributed by atoms with Gasteiger partial charge >= 0.3 is 6.09 Å². The molecule has 1 amide bonds. The van der Waals surface area contributed by atoms with Crippen LogP contribution in [0.15, 0.2) is 12.3 Å². The van der Waals surface area contributed by atoms with Crippen molar-refractivity contribution in [3.63, 3.8) is 0 Å². The largest absolute Gasteiger partial charge is 0.472 e. The summed E-state index contributed by atoms with van der Waals surface area (Å²) in [6, 6.07) is 1.83. The van der Waals surface area contributed by atoms with Crippen LogP contribution in [0, 0.1) is 0 Å². The summed E-state index contributed by atoms with van der Waals surface area (Å²) < 4.78 is 11.2. The smallest absolute Gasteiger partial charge is 0.410 e. The van der Waals surface area contributed by atoms with E-state index in [0.29, 0.717) is 24.9 Å². The first-order valence-corrected chi connectivity index (χ1v) is 8.78. The molecule has 0 spiro atoms. The van der Waals surface area contributed by atoms with E-state index >= 15 is 0 Å². The maximum atomic E-state index is 12.2. The number of nitrogens with one attached hydrogen (secondary N) is 1. The minimum atomic E-state index is -0.487. The monoisotopic (exact) mass is 350 g/mol. The standard InChI is InChI=1S/C18H30N4O3/c1-17(2,3)24-14-9-10-19-15(21-14)20-13-8-7-11-22(12-13)16(23)25-18(4,5)6/h9-10,13H,7-8,11-12H2,1-6H3,(H,19,20,21). The van der Waals surface area contributed by atoms with Crippen LogP contribution in [0.3, 0.4) is 0 Å². The molecule has 25 heavy (non-hydrogen) atoms. The molecule has 0 saturated carbocycles. The molecular weight excluding hydrogens is 320 g/mol. The van der Waals surface area contributed by atoms with Gasteiger partial charge in [-0.25, -0.2) is 9.78 Å². The fraction of sp³-hybridized carbons (Fsp3) is 0.722. The van der Waals surface area contributed by atoms with Crippen molar-refractivity contribution in [3.8, 4) is 5.88 Å².